The molecule has 0 spiro atoms. The van der Waals surface area contributed by atoms with Gasteiger partial charge in [-0.3, -0.25) is 0 Å². The van der Waals surface area contributed by atoms with E-state index in [0.29, 0.717) is 5.75 Å². The summed E-state index contributed by atoms with van der Waals surface area (Å²) in [6.45, 7) is 1.78. The van der Waals surface area contributed by atoms with Crippen LogP contribution >= 0.6 is 0 Å². The molecule has 0 saturated carbocycles. The van der Waals surface area contributed by atoms with E-state index in [1.165, 1.54) is 5.56 Å². The Morgan fingerprint density at radius 3 is 2.95 bits per heavy atom. The van der Waals surface area contributed by atoms with Crippen molar-refractivity contribution in [2.24, 2.45) is 12.0 Å². The van der Waals surface area contributed by atoms with Crippen molar-refractivity contribution in [3.05, 3.63) is 29.5 Å². The largest absolute Gasteiger partial charge is 0.412 e. The summed E-state index contributed by atoms with van der Waals surface area (Å²) in [5.41, 5.74) is 4.51. The van der Waals surface area contributed by atoms with Gasteiger partial charge >= 0.3 is 6.09 Å². The van der Waals surface area contributed by atoms with E-state index < -0.39 is 6.09 Å². The zero-order valence-corrected chi connectivity index (χ0v) is 12.9. The van der Waals surface area contributed by atoms with Crippen molar-refractivity contribution in [1.29, 1.82) is 0 Å². The second-order valence-corrected chi connectivity index (χ2v) is 5.12. The molecule has 0 radical (unpaired) electrons. The van der Waals surface area contributed by atoms with Gasteiger partial charge in [-0.05, 0) is 43.5 Å². The van der Waals surface area contributed by atoms with Crippen LogP contribution in [0.15, 0.2) is 23.2 Å². The number of amides is 1. The van der Waals surface area contributed by atoms with Crippen LogP contribution in [-0.2, 0) is 13.5 Å². The Bertz CT molecular complexity index is 850. The van der Waals surface area contributed by atoms with Crippen molar-refractivity contribution in [3.8, 4) is 17.7 Å². The fourth-order valence-electron chi connectivity index (χ4n) is 2.94. The molecule has 3 rings (SSSR count). The molecular formula is C17H17N3O2. The van der Waals surface area contributed by atoms with Gasteiger partial charge in [0.1, 0.15) is 5.75 Å². The van der Waals surface area contributed by atoms with Gasteiger partial charge < -0.3 is 14.6 Å². The smallest absolute Gasteiger partial charge is 0.410 e. The number of fused-ring (bicyclic) bond motifs is 3. The van der Waals surface area contributed by atoms with Crippen LogP contribution in [0.3, 0.4) is 0 Å². The van der Waals surface area contributed by atoms with Gasteiger partial charge in [0.05, 0.1) is 11.4 Å². The summed E-state index contributed by atoms with van der Waals surface area (Å²) in [7, 11) is 3.57. The average Bonchev–Trinajstić information content (AvgIpc) is 3.06. The Hall–Kier alpha value is -2.74. The Morgan fingerprint density at radius 2 is 2.23 bits per heavy atom. The monoisotopic (exact) mass is 295 g/mol. The Morgan fingerprint density at radius 1 is 1.41 bits per heavy atom. The number of carbonyl (C=O) groups is 1. The summed E-state index contributed by atoms with van der Waals surface area (Å²) in [5, 5.41) is 3.55. The van der Waals surface area contributed by atoms with Gasteiger partial charge in [0.2, 0.25) is 0 Å². The summed E-state index contributed by atoms with van der Waals surface area (Å²) < 4.78 is 7.36. The van der Waals surface area contributed by atoms with Crippen molar-refractivity contribution in [3.63, 3.8) is 0 Å². The highest BCUT2D eigenvalue weighted by atomic mass is 16.5. The fourth-order valence-corrected chi connectivity index (χ4v) is 2.94. The molecule has 1 aliphatic rings. The minimum absolute atomic E-state index is 0.465. The predicted octanol–water partition coefficient (Wildman–Crippen LogP) is 2.61. The zero-order chi connectivity index (χ0) is 15.7. The van der Waals surface area contributed by atoms with E-state index in [1.807, 2.05) is 19.2 Å². The lowest BCUT2D eigenvalue weighted by Crippen LogP contribution is -2.21. The second-order valence-electron chi connectivity index (χ2n) is 5.12. The quantitative estimate of drug-likeness (QED) is 0.822. The molecule has 0 aliphatic heterocycles. The highest BCUT2D eigenvalue weighted by Crippen LogP contribution is 2.34. The summed E-state index contributed by atoms with van der Waals surface area (Å²) in [6, 6.07) is 8.48. The molecule has 1 amide bonds. The molecule has 1 aromatic heterocycles. The van der Waals surface area contributed by atoms with Crippen LogP contribution in [0.2, 0.25) is 0 Å². The van der Waals surface area contributed by atoms with Crippen LogP contribution in [-0.4, -0.2) is 23.4 Å². The lowest BCUT2D eigenvalue weighted by Gasteiger charge is -2.05. The standard InChI is InChI=1S/C17H17N3O2/c1-4-9-19-14-7-6-12-13-10-11(22-17(21)18-2)5-8-15(13)20(3)16(12)14/h5,8,10H,6-7H2,1-3H3,(H,18,21). The van der Waals surface area contributed by atoms with Crippen LogP contribution in [0.1, 0.15) is 24.6 Å². The first-order chi connectivity index (χ1) is 10.7. The van der Waals surface area contributed by atoms with Gasteiger partial charge in [-0.1, -0.05) is 5.92 Å². The summed E-state index contributed by atoms with van der Waals surface area (Å²) in [5.74, 6) is 3.35. The molecule has 1 aliphatic carbocycles. The summed E-state index contributed by atoms with van der Waals surface area (Å²) in [6.07, 6.45) is 1.36. The van der Waals surface area contributed by atoms with E-state index >= 15 is 0 Å². The molecule has 22 heavy (non-hydrogen) atoms. The number of aliphatic imine (C=N–C) groups is 1. The van der Waals surface area contributed by atoms with Gasteiger partial charge in [0.25, 0.3) is 0 Å². The van der Waals surface area contributed by atoms with Crippen molar-refractivity contribution in [1.82, 2.24) is 9.88 Å². The van der Waals surface area contributed by atoms with Gasteiger partial charge in [-0.2, -0.15) is 0 Å². The van der Waals surface area contributed by atoms with Crippen LogP contribution in [0.4, 0.5) is 4.79 Å². The number of benzene rings is 1. The third kappa shape index (κ3) is 2.23. The molecular weight excluding hydrogens is 278 g/mol. The number of hydrogen-bond donors (Lipinski definition) is 1. The minimum atomic E-state index is -0.465. The lowest BCUT2D eigenvalue weighted by atomic mass is 10.1. The maximum absolute atomic E-state index is 11.4. The topological polar surface area (TPSA) is 55.6 Å². The SMILES string of the molecule is CC#CN=C1CCc2c1n(C)c1ccc(OC(=O)NC)cc21. The highest BCUT2D eigenvalue weighted by molar-refractivity contribution is 6.09. The average molecular weight is 295 g/mol. The van der Waals surface area contributed by atoms with E-state index in [4.69, 9.17) is 4.74 Å². The summed E-state index contributed by atoms with van der Waals surface area (Å²) >= 11 is 0. The van der Waals surface area contributed by atoms with Crippen molar-refractivity contribution < 1.29 is 9.53 Å². The molecule has 1 N–H and O–H groups in total. The van der Waals surface area contributed by atoms with Gasteiger partial charge in [0, 0.05) is 31.0 Å². The van der Waals surface area contributed by atoms with Crippen molar-refractivity contribution >= 4 is 22.7 Å². The Balaban J connectivity index is 2.11. The first-order valence-electron chi connectivity index (χ1n) is 7.15. The molecule has 0 saturated heterocycles. The number of aromatic nitrogens is 1. The van der Waals surface area contributed by atoms with E-state index in [1.54, 1.807) is 20.0 Å². The number of ether oxygens (including phenoxy) is 1. The Labute approximate surface area is 129 Å². The number of nitrogens with one attached hydrogen (secondary N) is 1. The fraction of sp³-hybridized carbons (Fsp3) is 0.294. The second kappa shape index (κ2) is 5.57. The van der Waals surface area contributed by atoms with Gasteiger partial charge in [0.15, 0.2) is 0 Å². The number of carbonyl (C=O) groups excluding carboxylic acids is 1. The molecule has 1 aromatic carbocycles. The first kappa shape index (κ1) is 14.2. The van der Waals surface area contributed by atoms with Crippen molar-refractivity contribution in [2.45, 2.75) is 19.8 Å². The molecule has 0 atom stereocenters. The number of rotatable bonds is 1. The first-order valence-corrected chi connectivity index (χ1v) is 7.15. The zero-order valence-electron chi connectivity index (χ0n) is 12.9. The molecule has 1 heterocycles. The molecule has 112 valence electrons. The molecule has 5 nitrogen and oxygen atoms in total. The third-order valence-electron chi connectivity index (χ3n) is 3.88. The van der Waals surface area contributed by atoms with Crippen LogP contribution in [0, 0.1) is 12.0 Å². The predicted molar refractivity (Wildman–Crippen MR) is 86.3 cm³/mol. The Kier molecular flexibility index (Phi) is 3.60. The van der Waals surface area contributed by atoms with E-state index in [0.717, 1.165) is 35.2 Å². The maximum Gasteiger partial charge on any atom is 0.412 e. The third-order valence-corrected chi connectivity index (χ3v) is 3.88. The molecule has 2 aromatic rings. The normalized spacial score (nSPS) is 14.6. The minimum Gasteiger partial charge on any atom is -0.410 e. The van der Waals surface area contributed by atoms with Crippen LogP contribution < -0.4 is 10.1 Å². The van der Waals surface area contributed by atoms with E-state index in [-0.39, 0.29) is 0 Å². The van der Waals surface area contributed by atoms with Crippen molar-refractivity contribution in [2.75, 3.05) is 7.05 Å². The van der Waals surface area contributed by atoms with E-state index in [2.05, 4.69) is 26.8 Å². The maximum atomic E-state index is 11.4. The molecule has 0 unspecified atom stereocenters. The number of hydrogen-bond acceptors (Lipinski definition) is 3. The lowest BCUT2D eigenvalue weighted by molar-refractivity contribution is 0.203. The van der Waals surface area contributed by atoms with Crippen LogP contribution in [0.25, 0.3) is 10.9 Å². The molecule has 5 heteroatoms. The van der Waals surface area contributed by atoms with Gasteiger partial charge in [-0.25, -0.2) is 9.79 Å². The molecule has 0 fully saturated rings. The number of nitrogens with zero attached hydrogens (tertiary/aromatic N) is 2. The highest BCUT2D eigenvalue weighted by Gasteiger charge is 2.25. The summed E-state index contributed by atoms with van der Waals surface area (Å²) in [4.78, 5) is 15.7. The van der Waals surface area contributed by atoms with Crippen LogP contribution in [0.5, 0.6) is 5.75 Å². The molecule has 0 bridgehead atoms. The number of aryl methyl sites for hydroxylation is 2. The van der Waals surface area contributed by atoms with E-state index in [9.17, 15) is 4.79 Å². The van der Waals surface area contributed by atoms with Gasteiger partial charge in [-0.15, -0.1) is 0 Å².